The average molecular weight is 322 g/mol. The molecule has 4 rings (SSSR count). The van der Waals surface area contributed by atoms with Crippen molar-refractivity contribution in [1.82, 2.24) is 0 Å². The third-order valence-corrected chi connectivity index (χ3v) is 4.57. The molecule has 0 aromatic heterocycles. The van der Waals surface area contributed by atoms with Crippen molar-refractivity contribution in [3.63, 3.8) is 0 Å². The molecule has 0 saturated carbocycles. The van der Waals surface area contributed by atoms with E-state index in [0.29, 0.717) is 18.7 Å². The van der Waals surface area contributed by atoms with Crippen molar-refractivity contribution in [3.8, 4) is 17.6 Å². The van der Waals surface area contributed by atoms with Crippen molar-refractivity contribution < 1.29 is 14.2 Å². The van der Waals surface area contributed by atoms with Gasteiger partial charge in [-0.1, -0.05) is 12.1 Å². The summed E-state index contributed by atoms with van der Waals surface area (Å²) in [6.07, 6.45) is -0.00722. The first-order chi connectivity index (χ1) is 11.8. The van der Waals surface area contributed by atoms with Gasteiger partial charge >= 0.3 is 0 Å². The molecule has 2 aliphatic rings. The minimum atomic E-state index is -0.00722. The summed E-state index contributed by atoms with van der Waals surface area (Å²) in [5.41, 5.74) is 3.86. The molecule has 2 aliphatic heterocycles. The van der Waals surface area contributed by atoms with E-state index in [9.17, 15) is 5.26 Å². The van der Waals surface area contributed by atoms with Crippen LogP contribution in [0.3, 0.4) is 0 Å². The Balaban J connectivity index is 1.73. The van der Waals surface area contributed by atoms with Crippen LogP contribution < -0.4 is 14.4 Å². The van der Waals surface area contributed by atoms with Gasteiger partial charge < -0.3 is 19.1 Å². The van der Waals surface area contributed by atoms with Crippen LogP contribution in [0.25, 0.3) is 0 Å². The Bertz CT molecular complexity index is 813. The number of benzene rings is 2. The SMILES string of the molecule is CC1OCCN(c2ccc3c(c2)OCO3)Cc2c(C#N)cccc21. The van der Waals surface area contributed by atoms with Crippen LogP contribution >= 0.6 is 0 Å². The van der Waals surface area contributed by atoms with Crippen LogP contribution in [0.15, 0.2) is 36.4 Å². The lowest BCUT2D eigenvalue weighted by atomic mass is 9.97. The van der Waals surface area contributed by atoms with Crippen LogP contribution in [0.4, 0.5) is 5.69 Å². The first kappa shape index (κ1) is 14.9. The highest BCUT2D eigenvalue weighted by atomic mass is 16.7. The largest absolute Gasteiger partial charge is 0.454 e. The van der Waals surface area contributed by atoms with Crippen molar-refractivity contribution in [2.24, 2.45) is 0 Å². The summed E-state index contributed by atoms with van der Waals surface area (Å²) < 4.78 is 16.8. The number of rotatable bonds is 1. The highest BCUT2D eigenvalue weighted by Gasteiger charge is 2.22. The first-order valence-corrected chi connectivity index (χ1v) is 8.04. The fraction of sp³-hybridized carbons (Fsp3) is 0.316. The summed E-state index contributed by atoms with van der Waals surface area (Å²) >= 11 is 0. The fourth-order valence-corrected chi connectivity index (χ4v) is 3.27. The predicted molar refractivity (Wildman–Crippen MR) is 89.1 cm³/mol. The minimum Gasteiger partial charge on any atom is -0.454 e. The van der Waals surface area contributed by atoms with Crippen molar-refractivity contribution in [1.29, 1.82) is 5.26 Å². The second kappa shape index (κ2) is 6.06. The number of nitriles is 1. The summed E-state index contributed by atoms with van der Waals surface area (Å²) in [4.78, 5) is 2.22. The molecule has 1 unspecified atom stereocenters. The van der Waals surface area contributed by atoms with Crippen LogP contribution in [0.2, 0.25) is 0 Å². The summed E-state index contributed by atoms with van der Waals surface area (Å²) in [5.74, 6) is 1.53. The lowest BCUT2D eigenvalue weighted by Gasteiger charge is -2.31. The first-order valence-electron chi connectivity index (χ1n) is 8.04. The number of hydrogen-bond acceptors (Lipinski definition) is 5. The maximum atomic E-state index is 9.48. The number of anilines is 1. The Morgan fingerprint density at radius 1 is 1.17 bits per heavy atom. The molecule has 5 heteroatoms. The summed E-state index contributed by atoms with van der Waals surface area (Å²) in [6, 6.07) is 14.1. The normalized spacial score (nSPS) is 19.2. The Morgan fingerprint density at radius 2 is 2.04 bits per heavy atom. The van der Waals surface area contributed by atoms with Gasteiger partial charge in [-0.2, -0.15) is 5.26 Å². The smallest absolute Gasteiger partial charge is 0.231 e. The van der Waals surface area contributed by atoms with Gasteiger partial charge in [0.25, 0.3) is 0 Å². The van der Waals surface area contributed by atoms with E-state index < -0.39 is 0 Å². The second-order valence-corrected chi connectivity index (χ2v) is 5.96. The average Bonchev–Trinajstić information content (AvgIpc) is 3.06. The molecule has 0 bridgehead atoms. The zero-order chi connectivity index (χ0) is 16.5. The quantitative estimate of drug-likeness (QED) is 0.805. The summed E-state index contributed by atoms with van der Waals surface area (Å²) in [7, 11) is 0. The number of hydrogen-bond donors (Lipinski definition) is 0. The fourth-order valence-electron chi connectivity index (χ4n) is 3.27. The lowest BCUT2D eigenvalue weighted by molar-refractivity contribution is 0.0672. The third kappa shape index (κ3) is 2.55. The molecule has 5 nitrogen and oxygen atoms in total. The highest BCUT2D eigenvalue weighted by molar-refractivity contribution is 5.58. The Hall–Kier alpha value is -2.71. The molecule has 0 amide bonds. The van der Waals surface area contributed by atoms with E-state index in [0.717, 1.165) is 34.9 Å². The van der Waals surface area contributed by atoms with E-state index in [2.05, 4.69) is 11.0 Å². The molecule has 122 valence electrons. The Labute approximate surface area is 141 Å². The van der Waals surface area contributed by atoms with E-state index >= 15 is 0 Å². The van der Waals surface area contributed by atoms with E-state index in [1.54, 1.807) is 0 Å². The van der Waals surface area contributed by atoms with Gasteiger partial charge in [0.1, 0.15) is 0 Å². The molecule has 0 aliphatic carbocycles. The topological polar surface area (TPSA) is 54.7 Å². The lowest BCUT2D eigenvalue weighted by Crippen LogP contribution is -2.30. The van der Waals surface area contributed by atoms with Gasteiger partial charge in [-0.05, 0) is 36.2 Å². The number of ether oxygens (including phenoxy) is 3. The molecule has 2 heterocycles. The van der Waals surface area contributed by atoms with Crippen LogP contribution in [0, 0.1) is 11.3 Å². The van der Waals surface area contributed by atoms with Gasteiger partial charge in [0.05, 0.1) is 24.3 Å². The van der Waals surface area contributed by atoms with Crippen molar-refractivity contribution in [2.75, 3.05) is 24.8 Å². The Morgan fingerprint density at radius 3 is 2.92 bits per heavy atom. The van der Waals surface area contributed by atoms with Crippen LogP contribution in [0.1, 0.15) is 29.7 Å². The van der Waals surface area contributed by atoms with Crippen LogP contribution in [0.5, 0.6) is 11.5 Å². The third-order valence-electron chi connectivity index (χ3n) is 4.57. The zero-order valence-electron chi connectivity index (χ0n) is 13.5. The molecule has 1 atom stereocenters. The number of fused-ring (bicyclic) bond motifs is 2. The van der Waals surface area contributed by atoms with Gasteiger partial charge in [-0.15, -0.1) is 0 Å². The highest BCUT2D eigenvalue weighted by Crippen LogP contribution is 2.37. The van der Waals surface area contributed by atoms with E-state index in [-0.39, 0.29) is 12.9 Å². The molecule has 0 radical (unpaired) electrons. The second-order valence-electron chi connectivity index (χ2n) is 5.96. The molecular weight excluding hydrogens is 304 g/mol. The maximum absolute atomic E-state index is 9.48. The number of nitrogens with zero attached hydrogens (tertiary/aromatic N) is 2. The molecule has 0 N–H and O–H groups in total. The van der Waals surface area contributed by atoms with Gasteiger partial charge in [0.2, 0.25) is 6.79 Å². The summed E-state index contributed by atoms with van der Waals surface area (Å²) in [5, 5.41) is 9.48. The minimum absolute atomic E-state index is 0.00722. The molecule has 24 heavy (non-hydrogen) atoms. The van der Waals surface area contributed by atoms with E-state index in [1.165, 1.54) is 0 Å². The molecular formula is C19H18N2O3. The predicted octanol–water partition coefficient (Wildman–Crippen LogP) is 3.38. The summed E-state index contributed by atoms with van der Waals surface area (Å²) in [6.45, 7) is 4.36. The molecule has 0 fully saturated rings. The van der Waals surface area contributed by atoms with Gasteiger partial charge in [0, 0.05) is 24.8 Å². The monoisotopic (exact) mass is 322 g/mol. The van der Waals surface area contributed by atoms with E-state index in [1.807, 2.05) is 43.3 Å². The molecule has 2 aromatic rings. The van der Waals surface area contributed by atoms with Crippen LogP contribution in [-0.2, 0) is 11.3 Å². The van der Waals surface area contributed by atoms with Gasteiger partial charge in [-0.3, -0.25) is 0 Å². The van der Waals surface area contributed by atoms with Crippen molar-refractivity contribution in [2.45, 2.75) is 19.6 Å². The van der Waals surface area contributed by atoms with E-state index in [4.69, 9.17) is 14.2 Å². The molecule has 2 aromatic carbocycles. The van der Waals surface area contributed by atoms with Crippen molar-refractivity contribution >= 4 is 5.69 Å². The van der Waals surface area contributed by atoms with Gasteiger partial charge in [0.15, 0.2) is 11.5 Å². The molecule has 0 saturated heterocycles. The molecule has 0 spiro atoms. The van der Waals surface area contributed by atoms with Crippen LogP contribution in [-0.4, -0.2) is 19.9 Å². The standard InChI is InChI=1S/C19H18N2O3/c1-13-16-4-2-3-14(10-20)17(16)11-21(7-8-22-13)15-5-6-18-19(9-15)24-12-23-18/h2-6,9,13H,7-8,11-12H2,1H3. The maximum Gasteiger partial charge on any atom is 0.231 e. The van der Waals surface area contributed by atoms with Gasteiger partial charge in [-0.25, -0.2) is 0 Å². The van der Waals surface area contributed by atoms with Crippen molar-refractivity contribution in [3.05, 3.63) is 53.1 Å². The zero-order valence-corrected chi connectivity index (χ0v) is 13.5. The Kier molecular flexibility index (Phi) is 3.75.